The number of carboxylic acids is 1. The quantitative estimate of drug-likeness (QED) is 0.780. The van der Waals surface area contributed by atoms with Crippen molar-refractivity contribution in [2.75, 3.05) is 0 Å². The Labute approximate surface area is 128 Å². The second-order valence-corrected chi connectivity index (χ2v) is 5.26. The van der Waals surface area contributed by atoms with Crippen LogP contribution in [-0.2, 0) is 0 Å². The van der Waals surface area contributed by atoms with Gasteiger partial charge in [-0.3, -0.25) is 4.98 Å². The van der Waals surface area contributed by atoms with E-state index in [9.17, 15) is 9.90 Å². The first-order chi connectivity index (χ1) is 8.90. The van der Waals surface area contributed by atoms with E-state index in [1.807, 2.05) is 0 Å². The summed E-state index contributed by atoms with van der Waals surface area (Å²) in [5.74, 6) is -1.17. The maximum Gasteiger partial charge on any atom is 0.337 e. The highest BCUT2D eigenvalue weighted by molar-refractivity contribution is 6.45. The molecule has 0 fully saturated rings. The third-order valence-corrected chi connectivity index (χ3v) is 3.56. The van der Waals surface area contributed by atoms with Crippen molar-refractivity contribution in [3.63, 3.8) is 0 Å². The molecule has 0 unspecified atom stereocenters. The standard InChI is InChI=1S/C12H5Cl4NO2/c13-5-1-7(10(16)9(15)3-5)11-8(12(18)19)2-6(14)4-17-11/h1-4H,(H,18,19). The van der Waals surface area contributed by atoms with Crippen LogP contribution in [0, 0.1) is 0 Å². The lowest BCUT2D eigenvalue weighted by atomic mass is 10.1. The summed E-state index contributed by atoms with van der Waals surface area (Å²) in [5, 5.41) is 10.1. The molecule has 1 heterocycles. The van der Waals surface area contributed by atoms with Gasteiger partial charge in [0.2, 0.25) is 0 Å². The van der Waals surface area contributed by atoms with Gasteiger partial charge in [0.25, 0.3) is 0 Å². The smallest absolute Gasteiger partial charge is 0.337 e. The van der Waals surface area contributed by atoms with Gasteiger partial charge in [-0.05, 0) is 18.2 Å². The number of nitrogens with zero attached hydrogens (tertiary/aromatic N) is 1. The number of pyridine rings is 1. The Morgan fingerprint density at radius 3 is 2.37 bits per heavy atom. The average Bonchev–Trinajstić information content (AvgIpc) is 2.34. The Hall–Kier alpha value is -1.000. The number of aromatic nitrogens is 1. The molecule has 0 bridgehead atoms. The van der Waals surface area contributed by atoms with E-state index in [4.69, 9.17) is 46.4 Å². The molecule has 19 heavy (non-hydrogen) atoms. The van der Waals surface area contributed by atoms with Crippen LogP contribution in [0.25, 0.3) is 11.3 Å². The van der Waals surface area contributed by atoms with Crippen LogP contribution < -0.4 is 0 Å². The fraction of sp³-hybridized carbons (Fsp3) is 0. The van der Waals surface area contributed by atoms with Crippen LogP contribution >= 0.6 is 46.4 Å². The van der Waals surface area contributed by atoms with Crippen LogP contribution in [0.4, 0.5) is 0 Å². The second kappa shape index (κ2) is 5.55. The summed E-state index contributed by atoms with van der Waals surface area (Å²) in [6.45, 7) is 0. The Kier molecular flexibility index (Phi) is 4.21. The zero-order chi connectivity index (χ0) is 14.2. The maximum absolute atomic E-state index is 11.2. The van der Waals surface area contributed by atoms with Gasteiger partial charge in [0.15, 0.2) is 0 Å². The molecule has 3 nitrogen and oxygen atoms in total. The molecule has 0 spiro atoms. The van der Waals surface area contributed by atoms with Gasteiger partial charge in [0.1, 0.15) is 0 Å². The molecule has 0 saturated carbocycles. The summed E-state index contributed by atoms with van der Waals surface area (Å²) >= 11 is 23.6. The van der Waals surface area contributed by atoms with Crippen molar-refractivity contribution in [2.24, 2.45) is 0 Å². The van der Waals surface area contributed by atoms with Crippen molar-refractivity contribution in [3.05, 3.63) is 50.0 Å². The Bertz CT molecular complexity index is 673. The number of halogens is 4. The minimum absolute atomic E-state index is 0.0762. The molecule has 0 saturated heterocycles. The van der Waals surface area contributed by atoms with Gasteiger partial charge in [0.05, 0.1) is 26.3 Å². The van der Waals surface area contributed by atoms with E-state index in [0.717, 1.165) is 0 Å². The lowest BCUT2D eigenvalue weighted by molar-refractivity contribution is 0.0697. The van der Waals surface area contributed by atoms with Crippen LogP contribution in [-0.4, -0.2) is 16.1 Å². The summed E-state index contributed by atoms with van der Waals surface area (Å²) in [4.78, 5) is 15.2. The highest BCUT2D eigenvalue weighted by Gasteiger charge is 2.18. The third-order valence-electron chi connectivity index (χ3n) is 2.33. The van der Waals surface area contributed by atoms with E-state index >= 15 is 0 Å². The molecule has 0 aliphatic carbocycles. The minimum atomic E-state index is -1.17. The number of hydrogen-bond acceptors (Lipinski definition) is 2. The summed E-state index contributed by atoms with van der Waals surface area (Å²) in [6.07, 6.45) is 1.33. The van der Waals surface area contributed by atoms with Crippen molar-refractivity contribution in [1.82, 2.24) is 4.98 Å². The molecule has 7 heteroatoms. The lowest BCUT2D eigenvalue weighted by Crippen LogP contribution is -2.02. The largest absolute Gasteiger partial charge is 0.478 e. The fourth-order valence-electron chi connectivity index (χ4n) is 1.55. The molecular formula is C12H5Cl4NO2. The summed E-state index contributed by atoms with van der Waals surface area (Å²) in [6, 6.07) is 4.25. The van der Waals surface area contributed by atoms with Crippen LogP contribution in [0.3, 0.4) is 0 Å². The van der Waals surface area contributed by atoms with Crippen molar-refractivity contribution < 1.29 is 9.90 Å². The number of rotatable bonds is 2. The predicted molar refractivity (Wildman–Crippen MR) is 76.7 cm³/mol. The van der Waals surface area contributed by atoms with Crippen molar-refractivity contribution in [3.8, 4) is 11.3 Å². The highest BCUT2D eigenvalue weighted by atomic mass is 35.5. The molecule has 1 N–H and O–H groups in total. The first-order valence-corrected chi connectivity index (χ1v) is 6.45. The molecule has 0 amide bonds. The average molecular weight is 337 g/mol. The Balaban J connectivity index is 2.75. The molecule has 2 aromatic rings. The van der Waals surface area contributed by atoms with Gasteiger partial charge in [-0.15, -0.1) is 0 Å². The monoisotopic (exact) mass is 335 g/mol. The normalized spacial score (nSPS) is 10.5. The maximum atomic E-state index is 11.2. The molecule has 0 aliphatic heterocycles. The van der Waals surface area contributed by atoms with Gasteiger partial charge < -0.3 is 5.11 Å². The van der Waals surface area contributed by atoms with Gasteiger partial charge in [-0.2, -0.15) is 0 Å². The summed E-state index contributed by atoms with van der Waals surface area (Å²) in [7, 11) is 0. The van der Waals surface area contributed by atoms with Crippen molar-refractivity contribution in [2.45, 2.75) is 0 Å². The molecule has 0 radical (unpaired) electrons. The highest BCUT2D eigenvalue weighted by Crippen LogP contribution is 2.37. The zero-order valence-corrected chi connectivity index (χ0v) is 12.1. The van der Waals surface area contributed by atoms with Crippen LogP contribution in [0.2, 0.25) is 20.1 Å². The first-order valence-electron chi connectivity index (χ1n) is 4.94. The topological polar surface area (TPSA) is 50.2 Å². The van der Waals surface area contributed by atoms with E-state index in [-0.39, 0.29) is 26.3 Å². The number of aromatic carboxylic acids is 1. The van der Waals surface area contributed by atoms with Crippen LogP contribution in [0.1, 0.15) is 10.4 Å². The van der Waals surface area contributed by atoms with Crippen LogP contribution in [0.15, 0.2) is 24.4 Å². The van der Waals surface area contributed by atoms with Gasteiger partial charge in [-0.1, -0.05) is 46.4 Å². The second-order valence-electron chi connectivity index (χ2n) is 3.60. The predicted octanol–water partition coefficient (Wildman–Crippen LogP) is 5.06. The molecule has 0 aliphatic rings. The zero-order valence-electron chi connectivity index (χ0n) is 9.12. The molecule has 1 aromatic heterocycles. The summed E-state index contributed by atoms with van der Waals surface area (Å²) < 4.78 is 0. The Morgan fingerprint density at radius 1 is 1.05 bits per heavy atom. The number of carbonyl (C=O) groups is 1. The SMILES string of the molecule is O=C(O)c1cc(Cl)cnc1-c1cc(Cl)cc(Cl)c1Cl. The molecule has 2 rings (SSSR count). The first kappa shape index (κ1) is 14.4. The molecule has 1 aromatic carbocycles. The van der Waals surface area contributed by atoms with Crippen molar-refractivity contribution >= 4 is 52.4 Å². The third kappa shape index (κ3) is 2.95. The minimum Gasteiger partial charge on any atom is -0.478 e. The van der Waals surface area contributed by atoms with Crippen LogP contribution in [0.5, 0.6) is 0 Å². The number of carboxylic acid groups (broad SMARTS) is 1. The molecular weight excluding hydrogens is 332 g/mol. The van der Waals surface area contributed by atoms with Crippen molar-refractivity contribution in [1.29, 1.82) is 0 Å². The van der Waals surface area contributed by atoms with E-state index in [2.05, 4.69) is 4.98 Å². The van der Waals surface area contributed by atoms with Gasteiger partial charge >= 0.3 is 5.97 Å². The molecule has 0 atom stereocenters. The van der Waals surface area contributed by atoms with E-state index in [1.54, 1.807) is 0 Å². The Morgan fingerprint density at radius 2 is 1.74 bits per heavy atom. The lowest BCUT2D eigenvalue weighted by Gasteiger charge is -2.09. The fourth-order valence-corrected chi connectivity index (χ4v) is 2.40. The number of benzene rings is 1. The number of hydrogen-bond donors (Lipinski definition) is 1. The van der Waals surface area contributed by atoms with Gasteiger partial charge in [-0.25, -0.2) is 4.79 Å². The van der Waals surface area contributed by atoms with Gasteiger partial charge in [0, 0.05) is 16.8 Å². The summed E-state index contributed by atoms with van der Waals surface area (Å²) in [5.41, 5.74) is 0.423. The molecule has 98 valence electrons. The van der Waals surface area contributed by atoms with E-state index < -0.39 is 5.97 Å². The van der Waals surface area contributed by atoms with E-state index in [1.165, 1.54) is 24.4 Å². The van der Waals surface area contributed by atoms with E-state index in [0.29, 0.717) is 10.6 Å².